The van der Waals surface area contributed by atoms with Crippen molar-refractivity contribution in [3.8, 4) is 5.75 Å². The van der Waals surface area contributed by atoms with Gasteiger partial charge in [0, 0.05) is 18.1 Å². The molecule has 3 rings (SSSR count). The van der Waals surface area contributed by atoms with E-state index in [1.54, 1.807) is 29.9 Å². The molecule has 31 heavy (non-hydrogen) atoms. The number of carbonyl (C=O) groups excluding carboxylic acids is 1. The van der Waals surface area contributed by atoms with Crippen molar-refractivity contribution in [3.63, 3.8) is 0 Å². The number of amides is 1. The molecular formula is C23H26ClN3O3S. The maximum atomic E-state index is 13.0. The van der Waals surface area contributed by atoms with E-state index in [4.69, 9.17) is 16.3 Å². The zero-order chi connectivity index (χ0) is 22.4. The average molecular weight is 460 g/mol. The van der Waals surface area contributed by atoms with Gasteiger partial charge in [0.15, 0.2) is 5.16 Å². The van der Waals surface area contributed by atoms with E-state index in [1.807, 2.05) is 24.3 Å². The molecule has 0 aliphatic heterocycles. The molecule has 8 heteroatoms. The maximum Gasteiger partial charge on any atom is 0.262 e. The zero-order valence-electron chi connectivity index (χ0n) is 17.9. The van der Waals surface area contributed by atoms with Crippen molar-refractivity contribution in [2.75, 3.05) is 12.9 Å². The van der Waals surface area contributed by atoms with Crippen molar-refractivity contribution < 1.29 is 9.53 Å². The number of ether oxygens (including phenoxy) is 1. The lowest BCUT2D eigenvalue weighted by Crippen LogP contribution is -2.27. The number of thioether (sulfide) groups is 1. The van der Waals surface area contributed by atoms with Crippen LogP contribution in [0.15, 0.2) is 52.4 Å². The molecule has 0 radical (unpaired) electrons. The second-order valence-corrected chi connectivity index (χ2v) is 8.99. The molecular weight excluding hydrogens is 434 g/mol. The topological polar surface area (TPSA) is 73.2 Å². The van der Waals surface area contributed by atoms with Gasteiger partial charge in [0.05, 0.1) is 23.8 Å². The molecule has 0 atom stereocenters. The predicted molar refractivity (Wildman–Crippen MR) is 126 cm³/mol. The van der Waals surface area contributed by atoms with Crippen LogP contribution in [0, 0.1) is 5.92 Å². The summed E-state index contributed by atoms with van der Waals surface area (Å²) < 4.78 is 6.87. The fourth-order valence-corrected chi connectivity index (χ4v) is 4.05. The predicted octanol–water partition coefficient (Wildman–Crippen LogP) is 4.51. The van der Waals surface area contributed by atoms with Crippen LogP contribution in [0.1, 0.15) is 25.8 Å². The molecule has 0 fully saturated rings. The quantitative estimate of drug-likeness (QED) is 0.376. The zero-order valence-corrected chi connectivity index (χ0v) is 19.4. The van der Waals surface area contributed by atoms with Crippen LogP contribution in [0.4, 0.5) is 0 Å². The van der Waals surface area contributed by atoms with E-state index in [0.717, 1.165) is 17.7 Å². The van der Waals surface area contributed by atoms with Crippen molar-refractivity contribution in [2.24, 2.45) is 5.92 Å². The van der Waals surface area contributed by atoms with Gasteiger partial charge >= 0.3 is 0 Å². The van der Waals surface area contributed by atoms with Crippen LogP contribution in [0.5, 0.6) is 5.75 Å². The Morgan fingerprint density at radius 2 is 2.06 bits per heavy atom. The molecule has 1 N–H and O–H groups in total. The number of hydrogen-bond acceptors (Lipinski definition) is 5. The summed E-state index contributed by atoms with van der Waals surface area (Å²) in [7, 11) is 1.61. The molecule has 6 nitrogen and oxygen atoms in total. The summed E-state index contributed by atoms with van der Waals surface area (Å²) in [5.41, 5.74) is 1.38. The first kappa shape index (κ1) is 23.2. The number of nitrogens with one attached hydrogen (secondary N) is 1. The Hall–Kier alpha value is -2.51. The SMILES string of the molecule is COc1cccc(CNC(=O)CSc2nc3cc(Cl)ccc3c(=O)n2CCC(C)C)c1. The number of methoxy groups -OCH3 is 1. The Morgan fingerprint density at radius 1 is 1.26 bits per heavy atom. The molecule has 0 aliphatic rings. The molecule has 3 aromatic rings. The normalized spacial score (nSPS) is 11.1. The fourth-order valence-electron chi connectivity index (χ4n) is 3.03. The van der Waals surface area contributed by atoms with Crippen LogP contribution in [-0.2, 0) is 17.9 Å². The Balaban J connectivity index is 1.74. The molecule has 0 spiro atoms. The van der Waals surface area contributed by atoms with Crippen LogP contribution >= 0.6 is 23.4 Å². The van der Waals surface area contributed by atoms with Gasteiger partial charge in [-0.1, -0.05) is 49.3 Å². The summed E-state index contributed by atoms with van der Waals surface area (Å²) in [6.07, 6.45) is 0.844. The van der Waals surface area contributed by atoms with E-state index in [9.17, 15) is 9.59 Å². The van der Waals surface area contributed by atoms with Gasteiger partial charge in [-0.15, -0.1) is 0 Å². The van der Waals surface area contributed by atoms with Gasteiger partial charge in [-0.05, 0) is 48.2 Å². The number of fused-ring (bicyclic) bond motifs is 1. The molecule has 2 aromatic carbocycles. The number of rotatable bonds is 9. The van der Waals surface area contributed by atoms with E-state index >= 15 is 0 Å². The van der Waals surface area contributed by atoms with Crippen LogP contribution in [0.2, 0.25) is 5.02 Å². The molecule has 164 valence electrons. The van der Waals surface area contributed by atoms with Crippen LogP contribution in [0.3, 0.4) is 0 Å². The van der Waals surface area contributed by atoms with Crippen molar-refractivity contribution in [1.82, 2.24) is 14.9 Å². The number of halogens is 1. The Morgan fingerprint density at radius 3 is 2.81 bits per heavy atom. The van der Waals surface area contributed by atoms with E-state index in [2.05, 4.69) is 24.1 Å². The summed E-state index contributed by atoms with van der Waals surface area (Å²) in [5.74, 6) is 1.21. The smallest absolute Gasteiger partial charge is 0.262 e. The van der Waals surface area contributed by atoms with Gasteiger partial charge < -0.3 is 10.1 Å². The second kappa shape index (κ2) is 10.7. The number of nitrogens with zero attached hydrogens (tertiary/aromatic N) is 2. The van der Waals surface area contributed by atoms with E-state index in [0.29, 0.717) is 40.1 Å². The first-order chi connectivity index (χ1) is 14.9. The van der Waals surface area contributed by atoms with Gasteiger partial charge in [-0.3, -0.25) is 14.2 Å². The molecule has 0 aliphatic carbocycles. The number of aromatic nitrogens is 2. The summed E-state index contributed by atoms with van der Waals surface area (Å²) in [4.78, 5) is 30.1. The van der Waals surface area contributed by atoms with Crippen LogP contribution in [0.25, 0.3) is 10.9 Å². The standard InChI is InChI=1S/C23H26ClN3O3S/c1-15(2)9-10-27-22(29)19-8-7-17(24)12-20(19)26-23(27)31-14-21(28)25-13-16-5-4-6-18(11-16)30-3/h4-8,11-12,15H,9-10,13-14H2,1-3H3,(H,25,28). The monoisotopic (exact) mass is 459 g/mol. The molecule has 0 unspecified atom stereocenters. The van der Waals surface area contributed by atoms with Gasteiger partial charge in [0.25, 0.3) is 5.56 Å². The van der Waals surface area contributed by atoms with E-state index in [1.165, 1.54) is 11.8 Å². The lowest BCUT2D eigenvalue weighted by atomic mass is 10.1. The minimum absolute atomic E-state index is 0.110. The maximum absolute atomic E-state index is 13.0. The first-order valence-electron chi connectivity index (χ1n) is 10.1. The minimum Gasteiger partial charge on any atom is -0.497 e. The highest BCUT2D eigenvalue weighted by atomic mass is 35.5. The van der Waals surface area contributed by atoms with Gasteiger partial charge in [-0.25, -0.2) is 4.98 Å². The highest BCUT2D eigenvalue weighted by Gasteiger charge is 2.14. The van der Waals surface area contributed by atoms with E-state index < -0.39 is 0 Å². The van der Waals surface area contributed by atoms with Gasteiger partial charge in [0.1, 0.15) is 5.75 Å². The molecule has 1 aromatic heterocycles. The second-order valence-electron chi connectivity index (χ2n) is 7.61. The number of benzene rings is 2. The van der Waals surface area contributed by atoms with Crippen molar-refractivity contribution >= 4 is 40.2 Å². The van der Waals surface area contributed by atoms with Gasteiger partial charge in [0.2, 0.25) is 5.91 Å². The third-order valence-electron chi connectivity index (χ3n) is 4.77. The average Bonchev–Trinajstić information content (AvgIpc) is 2.75. The summed E-state index contributed by atoms with van der Waals surface area (Å²) in [6.45, 7) is 5.17. The van der Waals surface area contributed by atoms with E-state index in [-0.39, 0.29) is 17.2 Å². The molecule has 1 amide bonds. The summed E-state index contributed by atoms with van der Waals surface area (Å²) in [6, 6.07) is 12.6. The van der Waals surface area contributed by atoms with Crippen LogP contribution < -0.4 is 15.6 Å². The fraction of sp³-hybridized carbons (Fsp3) is 0.348. The Bertz CT molecular complexity index is 1130. The van der Waals surface area contributed by atoms with Gasteiger partial charge in [-0.2, -0.15) is 0 Å². The minimum atomic E-state index is -0.135. The third kappa shape index (κ3) is 6.24. The highest BCUT2D eigenvalue weighted by molar-refractivity contribution is 7.99. The molecule has 0 saturated carbocycles. The lowest BCUT2D eigenvalue weighted by molar-refractivity contribution is -0.118. The molecule has 0 saturated heterocycles. The summed E-state index contributed by atoms with van der Waals surface area (Å²) >= 11 is 7.34. The Kier molecular flexibility index (Phi) is 7.98. The number of hydrogen-bond donors (Lipinski definition) is 1. The van der Waals surface area contributed by atoms with Crippen molar-refractivity contribution in [3.05, 3.63) is 63.4 Å². The first-order valence-corrected chi connectivity index (χ1v) is 11.5. The highest BCUT2D eigenvalue weighted by Crippen LogP contribution is 2.21. The van der Waals surface area contributed by atoms with Crippen molar-refractivity contribution in [1.29, 1.82) is 0 Å². The largest absolute Gasteiger partial charge is 0.497 e. The molecule has 0 bridgehead atoms. The van der Waals surface area contributed by atoms with Crippen LogP contribution in [-0.4, -0.2) is 28.3 Å². The number of carbonyl (C=O) groups is 1. The lowest BCUT2D eigenvalue weighted by Gasteiger charge is -2.14. The van der Waals surface area contributed by atoms with Crippen molar-refractivity contribution in [2.45, 2.75) is 38.5 Å². The molecule has 1 heterocycles. The summed E-state index contributed by atoms with van der Waals surface area (Å²) in [5, 5.41) is 4.47. The Labute approximate surface area is 191 Å². The third-order valence-corrected chi connectivity index (χ3v) is 5.98.